The Kier molecular flexibility index (Phi) is 3.30. The molecule has 108 valence electrons. The van der Waals surface area contributed by atoms with E-state index in [0.29, 0.717) is 27.4 Å². The van der Waals surface area contributed by atoms with Crippen molar-refractivity contribution in [1.29, 1.82) is 0 Å². The molecule has 0 spiro atoms. The number of hydrogen-bond acceptors (Lipinski definition) is 4. The van der Waals surface area contributed by atoms with Gasteiger partial charge in [0.05, 0.1) is 22.4 Å². The van der Waals surface area contributed by atoms with Crippen molar-refractivity contribution >= 4 is 38.2 Å². The Labute approximate surface area is 126 Å². The molecule has 0 saturated carbocycles. The molecule has 3 aromatic rings. The van der Waals surface area contributed by atoms with Crippen LogP contribution in [0.4, 0.5) is 5.69 Å². The van der Waals surface area contributed by atoms with E-state index in [1.807, 2.05) is 0 Å². The minimum absolute atomic E-state index is 0.00647. The number of halogens is 1. The van der Waals surface area contributed by atoms with Gasteiger partial charge in [0, 0.05) is 11.6 Å². The Hall–Kier alpha value is -2.12. The number of H-pyrrole nitrogens is 1. The average molecular weight is 323 g/mol. The van der Waals surface area contributed by atoms with Crippen molar-refractivity contribution < 1.29 is 8.42 Å². The second-order valence-corrected chi connectivity index (χ2v) is 6.49. The third-order valence-corrected chi connectivity index (χ3v) is 4.51. The highest BCUT2D eigenvalue weighted by atomic mass is 35.5. The molecule has 0 aliphatic heterocycles. The van der Waals surface area contributed by atoms with Crippen LogP contribution in [-0.2, 0) is 10.0 Å². The number of benzene rings is 1. The van der Waals surface area contributed by atoms with Crippen LogP contribution in [0.25, 0.3) is 10.9 Å². The minimum atomic E-state index is -3.74. The zero-order chi connectivity index (χ0) is 15.0. The molecule has 3 rings (SSSR count). The number of aromatic amines is 1. The number of nitrogens with zero attached hydrogens (tertiary/aromatic N) is 2. The third kappa shape index (κ3) is 2.57. The Bertz CT molecular complexity index is 921. The van der Waals surface area contributed by atoms with Gasteiger partial charge in [-0.25, -0.2) is 4.98 Å². The molecule has 0 fully saturated rings. The molecule has 0 bridgehead atoms. The molecule has 0 atom stereocenters. The van der Waals surface area contributed by atoms with Crippen molar-refractivity contribution in [3.63, 3.8) is 0 Å². The largest absolute Gasteiger partial charge is 0.332 e. The lowest BCUT2D eigenvalue weighted by atomic mass is 10.2. The quantitative estimate of drug-likeness (QED) is 0.776. The molecule has 1 aromatic carbocycles. The van der Waals surface area contributed by atoms with E-state index in [4.69, 9.17) is 11.6 Å². The van der Waals surface area contributed by atoms with E-state index in [1.54, 1.807) is 37.4 Å². The fourth-order valence-electron chi connectivity index (χ4n) is 1.96. The molecule has 0 amide bonds. The number of hydrogen-bond donors (Lipinski definition) is 2. The number of sulfonamides is 1. The first-order valence-corrected chi connectivity index (χ1v) is 7.91. The lowest BCUT2D eigenvalue weighted by molar-refractivity contribution is 0.598. The predicted molar refractivity (Wildman–Crippen MR) is 80.9 cm³/mol. The van der Waals surface area contributed by atoms with Gasteiger partial charge in [-0.1, -0.05) is 11.6 Å². The van der Waals surface area contributed by atoms with Gasteiger partial charge in [0.1, 0.15) is 5.82 Å². The zero-order valence-corrected chi connectivity index (χ0v) is 12.5. The molecule has 21 heavy (non-hydrogen) atoms. The maximum atomic E-state index is 12.3. The number of fused-ring (bicyclic) bond motifs is 1. The zero-order valence-electron chi connectivity index (χ0n) is 11.0. The molecule has 0 aliphatic carbocycles. The van der Waals surface area contributed by atoms with Gasteiger partial charge in [0.2, 0.25) is 0 Å². The summed E-state index contributed by atoms with van der Waals surface area (Å²) in [4.78, 5) is 10.7. The van der Waals surface area contributed by atoms with Crippen LogP contribution in [0.3, 0.4) is 0 Å². The van der Waals surface area contributed by atoms with Crippen molar-refractivity contribution in [3.05, 3.63) is 47.5 Å². The van der Waals surface area contributed by atoms with Gasteiger partial charge in [-0.2, -0.15) is 8.42 Å². The molecular formula is C13H11ClN4O2S. The summed E-state index contributed by atoms with van der Waals surface area (Å²) in [5.41, 5.74) is 0.954. The standard InChI is InChI=1S/C13H11ClN4O2S/c1-8-16-7-12(17-8)21(19,20)18-11-5-4-10(14)13-9(11)3-2-6-15-13/h2-7,18H,1H3,(H,16,17). The van der Waals surface area contributed by atoms with Gasteiger partial charge in [-0.15, -0.1) is 0 Å². The van der Waals surface area contributed by atoms with Crippen LogP contribution in [0.1, 0.15) is 5.82 Å². The van der Waals surface area contributed by atoms with Gasteiger partial charge < -0.3 is 4.98 Å². The van der Waals surface area contributed by atoms with Crippen LogP contribution in [0.5, 0.6) is 0 Å². The topological polar surface area (TPSA) is 87.7 Å². The van der Waals surface area contributed by atoms with Crippen LogP contribution >= 0.6 is 11.6 Å². The number of aromatic nitrogens is 3. The van der Waals surface area contributed by atoms with Crippen LogP contribution in [0.2, 0.25) is 5.02 Å². The number of aryl methyl sites for hydroxylation is 1. The molecule has 2 heterocycles. The minimum Gasteiger partial charge on any atom is -0.332 e. The number of pyridine rings is 1. The summed E-state index contributed by atoms with van der Waals surface area (Å²) < 4.78 is 27.1. The normalized spacial score (nSPS) is 11.7. The van der Waals surface area contributed by atoms with Gasteiger partial charge >= 0.3 is 0 Å². The van der Waals surface area contributed by atoms with Crippen molar-refractivity contribution in [3.8, 4) is 0 Å². The van der Waals surface area contributed by atoms with Crippen molar-refractivity contribution in [2.75, 3.05) is 4.72 Å². The van der Waals surface area contributed by atoms with E-state index < -0.39 is 10.0 Å². The van der Waals surface area contributed by atoms with Gasteiger partial charge in [0.25, 0.3) is 10.0 Å². The second kappa shape index (κ2) is 5.01. The number of rotatable bonds is 3. The first kappa shape index (κ1) is 13.8. The van der Waals surface area contributed by atoms with E-state index in [-0.39, 0.29) is 5.03 Å². The molecule has 2 aromatic heterocycles. The van der Waals surface area contributed by atoms with Crippen LogP contribution in [0.15, 0.2) is 41.7 Å². The number of nitrogens with one attached hydrogen (secondary N) is 2. The smallest absolute Gasteiger partial charge is 0.279 e. The first-order valence-electron chi connectivity index (χ1n) is 6.05. The van der Waals surface area contributed by atoms with Gasteiger partial charge in [0.15, 0.2) is 5.03 Å². The molecule has 8 heteroatoms. The highest BCUT2D eigenvalue weighted by Gasteiger charge is 2.18. The fraction of sp³-hybridized carbons (Fsp3) is 0.0769. The summed E-state index contributed by atoms with van der Waals surface area (Å²) in [6, 6.07) is 6.68. The summed E-state index contributed by atoms with van der Waals surface area (Å²) in [5.74, 6) is 0.526. The summed E-state index contributed by atoms with van der Waals surface area (Å²) in [5, 5.41) is 1.10. The lowest BCUT2D eigenvalue weighted by Gasteiger charge is -2.09. The Balaban J connectivity index is 2.08. The van der Waals surface area contributed by atoms with E-state index in [9.17, 15) is 8.42 Å². The summed E-state index contributed by atoms with van der Waals surface area (Å²) in [6.07, 6.45) is 2.87. The highest BCUT2D eigenvalue weighted by Crippen LogP contribution is 2.29. The van der Waals surface area contributed by atoms with Crippen LogP contribution < -0.4 is 4.72 Å². The second-order valence-electron chi connectivity index (χ2n) is 4.43. The van der Waals surface area contributed by atoms with Crippen LogP contribution in [0, 0.1) is 6.92 Å². The highest BCUT2D eigenvalue weighted by molar-refractivity contribution is 7.92. The van der Waals surface area contributed by atoms with E-state index >= 15 is 0 Å². The van der Waals surface area contributed by atoms with Gasteiger partial charge in [-0.3, -0.25) is 9.71 Å². The number of anilines is 1. The SMILES string of the molecule is Cc1ncc(S(=O)(=O)Nc2ccc(Cl)c3ncccc23)[nH]1. The van der Waals surface area contributed by atoms with Crippen molar-refractivity contribution in [2.24, 2.45) is 0 Å². The summed E-state index contributed by atoms with van der Waals surface area (Å²) in [6.45, 7) is 1.68. The Morgan fingerprint density at radius 1 is 1.24 bits per heavy atom. The predicted octanol–water partition coefficient (Wildman–Crippen LogP) is 2.72. The molecule has 0 saturated heterocycles. The first-order chi connectivity index (χ1) is 9.97. The number of imidazole rings is 1. The molecule has 2 N–H and O–H groups in total. The van der Waals surface area contributed by atoms with Gasteiger partial charge in [-0.05, 0) is 31.2 Å². The summed E-state index contributed by atoms with van der Waals surface area (Å²) in [7, 11) is -3.74. The molecule has 0 radical (unpaired) electrons. The molecular weight excluding hydrogens is 312 g/mol. The van der Waals surface area contributed by atoms with Crippen LogP contribution in [-0.4, -0.2) is 23.4 Å². The molecule has 0 unspecified atom stereocenters. The third-order valence-electron chi connectivity index (χ3n) is 2.93. The Morgan fingerprint density at radius 3 is 2.76 bits per heavy atom. The maximum absolute atomic E-state index is 12.3. The van der Waals surface area contributed by atoms with E-state index in [0.717, 1.165) is 0 Å². The monoisotopic (exact) mass is 322 g/mol. The average Bonchev–Trinajstić information content (AvgIpc) is 2.90. The summed E-state index contributed by atoms with van der Waals surface area (Å²) >= 11 is 6.06. The fourth-order valence-corrected chi connectivity index (χ4v) is 3.23. The molecule has 0 aliphatic rings. The Morgan fingerprint density at radius 2 is 2.05 bits per heavy atom. The lowest BCUT2D eigenvalue weighted by Crippen LogP contribution is -2.13. The maximum Gasteiger partial charge on any atom is 0.279 e. The van der Waals surface area contributed by atoms with Crippen molar-refractivity contribution in [1.82, 2.24) is 15.0 Å². The van der Waals surface area contributed by atoms with Crippen molar-refractivity contribution in [2.45, 2.75) is 11.9 Å². The molecule has 6 nitrogen and oxygen atoms in total. The van der Waals surface area contributed by atoms with E-state index in [2.05, 4.69) is 19.7 Å². The van der Waals surface area contributed by atoms with E-state index in [1.165, 1.54) is 6.20 Å².